The molecule has 0 saturated heterocycles. The SMILES string of the molecule is COc1ccc(C(C)NC(=O)c2cccc(NS(=O)(=O)c3ccc(C)c(F)c3)c2)c(OC)c1. The van der Waals surface area contributed by atoms with Crippen LogP contribution in [0.3, 0.4) is 0 Å². The summed E-state index contributed by atoms with van der Waals surface area (Å²) in [5.74, 6) is 0.174. The second kappa shape index (κ2) is 9.91. The fourth-order valence-electron chi connectivity index (χ4n) is 3.21. The molecular weight excluding hydrogens is 447 g/mol. The second-order valence-electron chi connectivity index (χ2n) is 7.40. The molecule has 0 bridgehead atoms. The zero-order chi connectivity index (χ0) is 24.2. The number of sulfonamides is 1. The Morgan fingerprint density at radius 3 is 2.42 bits per heavy atom. The average Bonchev–Trinajstić information content (AvgIpc) is 2.80. The van der Waals surface area contributed by atoms with Crippen molar-refractivity contribution < 1.29 is 27.1 Å². The van der Waals surface area contributed by atoms with Gasteiger partial charge in [-0.3, -0.25) is 9.52 Å². The van der Waals surface area contributed by atoms with Crippen molar-refractivity contribution in [3.05, 3.63) is 83.2 Å². The Balaban J connectivity index is 1.77. The van der Waals surface area contributed by atoms with Gasteiger partial charge in [0.05, 0.1) is 25.2 Å². The maximum Gasteiger partial charge on any atom is 0.261 e. The summed E-state index contributed by atoms with van der Waals surface area (Å²) in [6, 6.07) is 14.6. The topological polar surface area (TPSA) is 93.7 Å². The first-order valence-corrected chi connectivity index (χ1v) is 11.5. The molecule has 0 heterocycles. The van der Waals surface area contributed by atoms with E-state index in [0.29, 0.717) is 17.1 Å². The number of halogens is 1. The van der Waals surface area contributed by atoms with Crippen LogP contribution in [0.15, 0.2) is 65.6 Å². The van der Waals surface area contributed by atoms with Gasteiger partial charge in [0.15, 0.2) is 0 Å². The molecule has 2 N–H and O–H groups in total. The molecule has 9 heteroatoms. The summed E-state index contributed by atoms with van der Waals surface area (Å²) in [6.45, 7) is 3.35. The first kappa shape index (κ1) is 24.1. The van der Waals surface area contributed by atoms with Crippen molar-refractivity contribution in [3.63, 3.8) is 0 Å². The molecule has 7 nitrogen and oxygen atoms in total. The Labute approximate surface area is 192 Å². The van der Waals surface area contributed by atoms with Crippen LogP contribution in [-0.2, 0) is 10.0 Å². The lowest BCUT2D eigenvalue weighted by molar-refractivity contribution is 0.0939. The predicted molar refractivity (Wildman–Crippen MR) is 124 cm³/mol. The van der Waals surface area contributed by atoms with Crippen LogP contribution in [-0.4, -0.2) is 28.5 Å². The van der Waals surface area contributed by atoms with Crippen LogP contribution in [0.1, 0.15) is 34.5 Å². The molecule has 174 valence electrons. The van der Waals surface area contributed by atoms with Crippen molar-refractivity contribution in [1.82, 2.24) is 5.32 Å². The number of rotatable bonds is 8. The molecule has 0 fully saturated rings. The number of hydrogen-bond acceptors (Lipinski definition) is 5. The van der Waals surface area contributed by atoms with E-state index in [4.69, 9.17) is 9.47 Å². The van der Waals surface area contributed by atoms with Gasteiger partial charge in [-0.15, -0.1) is 0 Å². The molecule has 1 atom stereocenters. The highest BCUT2D eigenvalue weighted by Crippen LogP contribution is 2.29. The molecule has 0 aliphatic rings. The zero-order valence-corrected chi connectivity index (χ0v) is 19.5. The molecule has 0 aliphatic carbocycles. The standard InChI is InChI=1S/C24H25FN2O5S/c1-15-8-10-20(14-22(15)25)33(29,30)27-18-7-5-6-17(12-18)24(28)26-16(2)21-11-9-19(31-3)13-23(21)32-4/h5-14,16,27H,1-4H3,(H,26,28). The Hall–Kier alpha value is -3.59. The molecule has 1 unspecified atom stereocenters. The van der Waals surface area contributed by atoms with Crippen LogP contribution in [0.2, 0.25) is 0 Å². The van der Waals surface area contributed by atoms with E-state index in [1.807, 2.05) is 0 Å². The van der Waals surface area contributed by atoms with Crippen LogP contribution in [0.5, 0.6) is 11.5 Å². The number of aryl methyl sites for hydroxylation is 1. The van der Waals surface area contributed by atoms with Gasteiger partial charge in [0.2, 0.25) is 0 Å². The van der Waals surface area contributed by atoms with Gasteiger partial charge < -0.3 is 14.8 Å². The molecule has 1 amide bonds. The molecule has 3 aromatic rings. The molecule has 0 spiro atoms. The van der Waals surface area contributed by atoms with E-state index in [1.165, 1.54) is 31.4 Å². The van der Waals surface area contributed by atoms with E-state index in [9.17, 15) is 17.6 Å². The van der Waals surface area contributed by atoms with Crippen LogP contribution in [0, 0.1) is 12.7 Å². The summed E-state index contributed by atoms with van der Waals surface area (Å²) in [5.41, 5.74) is 1.53. The highest BCUT2D eigenvalue weighted by molar-refractivity contribution is 7.92. The number of carbonyl (C=O) groups is 1. The minimum Gasteiger partial charge on any atom is -0.497 e. The number of benzene rings is 3. The highest BCUT2D eigenvalue weighted by Gasteiger charge is 2.19. The van der Waals surface area contributed by atoms with Crippen LogP contribution in [0.4, 0.5) is 10.1 Å². The van der Waals surface area contributed by atoms with Crippen molar-refractivity contribution in [3.8, 4) is 11.5 Å². The Morgan fingerprint density at radius 1 is 1.00 bits per heavy atom. The van der Waals surface area contributed by atoms with Crippen LogP contribution < -0.4 is 19.5 Å². The van der Waals surface area contributed by atoms with Crippen molar-refractivity contribution in [1.29, 1.82) is 0 Å². The number of ether oxygens (including phenoxy) is 2. The summed E-state index contributed by atoms with van der Waals surface area (Å²) in [4.78, 5) is 12.6. The molecule has 0 saturated carbocycles. The fraction of sp³-hybridized carbons (Fsp3) is 0.208. The number of hydrogen-bond donors (Lipinski definition) is 2. The summed E-state index contributed by atoms with van der Waals surface area (Å²) < 4.78 is 52.0. The molecule has 0 aliphatic heterocycles. The third-order valence-electron chi connectivity index (χ3n) is 5.09. The summed E-state index contributed by atoms with van der Waals surface area (Å²) >= 11 is 0. The van der Waals surface area contributed by atoms with E-state index in [2.05, 4.69) is 10.0 Å². The lowest BCUT2D eigenvalue weighted by atomic mass is 10.1. The minimum absolute atomic E-state index is 0.179. The maximum atomic E-state index is 13.8. The van der Waals surface area contributed by atoms with Gasteiger partial charge in [-0.2, -0.15) is 0 Å². The molecule has 33 heavy (non-hydrogen) atoms. The third kappa shape index (κ3) is 5.61. The van der Waals surface area contributed by atoms with E-state index in [-0.39, 0.29) is 16.1 Å². The van der Waals surface area contributed by atoms with Gasteiger partial charge in [-0.05, 0) is 61.9 Å². The van der Waals surface area contributed by atoms with Crippen LogP contribution >= 0.6 is 0 Å². The predicted octanol–water partition coefficient (Wildman–Crippen LogP) is 4.44. The highest BCUT2D eigenvalue weighted by atomic mass is 32.2. The summed E-state index contributed by atoms with van der Waals surface area (Å²) in [6.07, 6.45) is 0. The smallest absolute Gasteiger partial charge is 0.261 e. The maximum absolute atomic E-state index is 13.8. The number of nitrogens with one attached hydrogen (secondary N) is 2. The van der Waals surface area contributed by atoms with Crippen molar-refractivity contribution >= 4 is 21.6 Å². The van der Waals surface area contributed by atoms with Crippen molar-refractivity contribution in [2.75, 3.05) is 18.9 Å². The van der Waals surface area contributed by atoms with Gasteiger partial charge in [0, 0.05) is 22.9 Å². The van der Waals surface area contributed by atoms with Crippen molar-refractivity contribution in [2.24, 2.45) is 0 Å². The van der Waals surface area contributed by atoms with Gasteiger partial charge in [0.1, 0.15) is 17.3 Å². The van der Waals surface area contributed by atoms with E-state index >= 15 is 0 Å². The number of amides is 1. The zero-order valence-electron chi connectivity index (χ0n) is 18.7. The first-order chi connectivity index (χ1) is 15.6. The number of carbonyl (C=O) groups excluding carboxylic acids is 1. The molecule has 3 aromatic carbocycles. The van der Waals surface area contributed by atoms with Crippen LogP contribution in [0.25, 0.3) is 0 Å². The Bertz CT molecular complexity index is 1280. The molecule has 0 aromatic heterocycles. The number of methoxy groups -OCH3 is 2. The monoisotopic (exact) mass is 472 g/mol. The third-order valence-corrected chi connectivity index (χ3v) is 6.46. The second-order valence-corrected chi connectivity index (χ2v) is 9.08. The Morgan fingerprint density at radius 2 is 1.76 bits per heavy atom. The number of anilines is 1. The van der Waals surface area contributed by atoms with Gasteiger partial charge in [-0.25, -0.2) is 12.8 Å². The molecule has 3 rings (SSSR count). The fourth-order valence-corrected chi connectivity index (χ4v) is 4.27. The normalized spacial score (nSPS) is 12.0. The lowest BCUT2D eigenvalue weighted by Crippen LogP contribution is -2.27. The molecular formula is C24H25FN2O5S. The van der Waals surface area contributed by atoms with Gasteiger partial charge in [-0.1, -0.05) is 12.1 Å². The largest absolute Gasteiger partial charge is 0.497 e. The first-order valence-electron chi connectivity index (χ1n) is 10.1. The lowest BCUT2D eigenvalue weighted by Gasteiger charge is -2.18. The van der Waals surface area contributed by atoms with E-state index in [0.717, 1.165) is 11.6 Å². The summed E-state index contributed by atoms with van der Waals surface area (Å²) in [5, 5.41) is 2.87. The minimum atomic E-state index is -4.03. The van der Waals surface area contributed by atoms with E-state index in [1.54, 1.807) is 51.3 Å². The van der Waals surface area contributed by atoms with Gasteiger partial charge >= 0.3 is 0 Å². The van der Waals surface area contributed by atoms with E-state index < -0.39 is 27.8 Å². The van der Waals surface area contributed by atoms with Gasteiger partial charge in [0.25, 0.3) is 15.9 Å². The average molecular weight is 473 g/mol. The Kier molecular flexibility index (Phi) is 7.23. The molecule has 0 radical (unpaired) electrons. The quantitative estimate of drug-likeness (QED) is 0.506. The summed E-state index contributed by atoms with van der Waals surface area (Å²) in [7, 11) is -0.945. The van der Waals surface area contributed by atoms with Crippen molar-refractivity contribution in [2.45, 2.75) is 24.8 Å².